The molecule has 12 rings (SSSR count). The van der Waals surface area contributed by atoms with Crippen LogP contribution < -0.4 is 10.6 Å². The van der Waals surface area contributed by atoms with E-state index in [-0.39, 0.29) is 5.66 Å². The largest absolute Gasteiger partial charge is 0.313 e. The van der Waals surface area contributed by atoms with Crippen LogP contribution in [0.5, 0.6) is 0 Å². The standard InChI is InChI=1S/C55H40N3PS/c60-59(42-21-15-18-39(36-42)57-52-31-11-5-25-46(52)47-26-6-12-32-53(47)57,43-22-16-19-40(37-43)58-54-33-13-7-27-48(54)49-28-8-14-34-55(49)58)41-20-2-1-17-38(35-41)56-50-29-9-3-23-44(50)45-24-4-10-30-51(45)56/h1-9,11-29,31-37,41H,10,30H2. The molecule has 0 amide bonds. The highest BCUT2D eigenvalue weighted by atomic mass is 32.4. The molecule has 0 saturated heterocycles. The molecule has 3 nitrogen and oxygen atoms in total. The van der Waals surface area contributed by atoms with Crippen LogP contribution in [0, 0.1) is 0 Å². The SMILES string of the molecule is S=P(c1cccc(-n2c3ccccc3c3ccccc32)c1)(c1cccc(-n2c3ccccc3c3ccccc32)c1)C1C=CC=CC(n2c3c(c4ccccc42)C=CCC3)=C1. The Bertz CT molecular complexity index is 3280. The van der Waals surface area contributed by atoms with E-state index in [1.165, 1.54) is 82.1 Å². The molecule has 0 radical (unpaired) electrons. The van der Waals surface area contributed by atoms with E-state index in [4.69, 9.17) is 11.8 Å². The van der Waals surface area contributed by atoms with Gasteiger partial charge in [-0.1, -0.05) is 157 Å². The number of rotatable bonds is 6. The highest BCUT2D eigenvalue weighted by Gasteiger charge is 2.32. The molecule has 0 bridgehead atoms. The third-order valence-corrected chi connectivity index (χ3v) is 17.9. The lowest BCUT2D eigenvalue weighted by atomic mass is 10.0. The number of allylic oxidation sites excluding steroid dienone is 7. The van der Waals surface area contributed by atoms with Crippen molar-refractivity contribution in [2.75, 3.05) is 0 Å². The fourth-order valence-electron chi connectivity index (χ4n) is 10.0. The molecule has 3 heterocycles. The van der Waals surface area contributed by atoms with Gasteiger partial charge in [-0.15, -0.1) is 0 Å². The fourth-order valence-corrected chi connectivity index (χ4v) is 14.1. The average molecular weight is 806 g/mol. The minimum absolute atomic E-state index is 0.0738. The molecule has 2 aliphatic carbocycles. The van der Waals surface area contributed by atoms with E-state index in [9.17, 15) is 0 Å². The van der Waals surface area contributed by atoms with Gasteiger partial charge in [0.05, 0.1) is 27.6 Å². The summed E-state index contributed by atoms with van der Waals surface area (Å²) in [5, 5.41) is 8.66. The van der Waals surface area contributed by atoms with Gasteiger partial charge < -0.3 is 13.7 Å². The maximum atomic E-state index is 7.42. The zero-order chi connectivity index (χ0) is 39.8. The fraction of sp³-hybridized carbons (Fsp3) is 0.0545. The summed E-state index contributed by atoms with van der Waals surface area (Å²) in [5.41, 5.74) is 12.0. The van der Waals surface area contributed by atoms with Crippen LogP contribution in [0.1, 0.15) is 17.7 Å². The van der Waals surface area contributed by atoms with E-state index in [2.05, 4.69) is 226 Å². The smallest absolute Gasteiger partial charge is 0.0541 e. The first-order chi connectivity index (χ1) is 29.7. The Morgan fingerprint density at radius 1 is 0.467 bits per heavy atom. The van der Waals surface area contributed by atoms with Crippen LogP contribution in [0.2, 0.25) is 0 Å². The number of hydrogen-bond acceptors (Lipinski definition) is 1. The molecule has 1 atom stereocenters. The summed E-state index contributed by atoms with van der Waals surface area (Å²) in [4.78, 5) is 0. The van der Waals surface area contributed by atoms with Gasteiger partial charge in [-0.05, 0) is 90.2 Å². The zero-order valence-electron chi connectivity index (χ0n) is 32.9. The maximum absolute atomic E-state index is 7.42. The number of aromatic nitrogens is 3. The van der Waals surface area contributed by atoms with Crippen LogP contribution in [-0.2, 0) is 18.2 Å². The Balaban J connectivity index is 1.11. The second-order valence-corrected chi connectivity index (χ2v) is 20.6. The van der Waals surface area contributed by atoms with Gasteiger partial charge >= 0.3 is 0 Å². The third-order valence-electron chi connectivity index (χ3n) is 12.7. The Morgan fingerprint density at radius 2 is 0.933 bits per heavy atom. The molecule has 0 aliphatic heterocycles. The van der Waals surface area contributed by atoms with Crippen molar-refractivity contribution in [2.45, 2.75) is 18.5 Å². The summed E-state index contributed by atoms with van der Waals surface area (Å²) >= 11 is 7.42. The average Bonchev–Trinajstić information content (AvgIpc) is 3.87. The first-order valence-electron chi connectivity index (χ1n) is 20.8. The summed E-state index contributed by atoms with van der Waals surface area (Å²) in [5.74, 6) is 0. The van der Waals surface area contributed by atoms with Crippen LogP contribution in [-0.4, -0.2) is 19.4 Å². The van der Waals surface area contributed by atoms with E-state index < -0.39 is 6.04 Å². The van der Waals surface area contributed by atoms with Crippen molar-refractivity contribution in [1.29, 1.82) is 0 Å². The second-order valence-electron chi connectivity index (χ2n) is 15.9. The van der Waals surface area contributed by atoms with E-state index >= 15 is 0 Å². The third kappa shape index (κ3) is 5.31. The van der Waals surface area contributed by atoms with Crippen LogP contribution in [0.15, 0.2) is 206 Å². The molecule has 2 aliphatic rings. The molecule has 0 spiro atoms. The molecule has 5 heteroatoms. The van der Waals surface area contributed by atoms with Gasteiger partial charge in [0.15, 0.2) is 0 Å². The van der Waals surface area contributed by atoms with Crippen LogP contribution in [0.3, 0.4) is 0 Å². The van der Waals surface area contributed by atoms with E-state index in [0.29, 0.717) is 0 Å². The van der Waals surface area contributed by atoms with Gasteiger partial charge in [0.1, 0.15) is 0 Å². The molecule has 7 aromatic carbocycles. The molecular weight excluding hydrogens is 766 g/mol. The van der Waals surface area contributed by atoms with Crippen molar-refractivity contribution < 1.29 is 0 Å². The molecule has 0 N–H and O–H groups in total. The lowest BCUT2D eigenvalue weighted by Gasteiger charge is -2.30. The summed E-state index contributed by atoms with van der Waals surface area (Å²) < 4.78 is 7.34. The Labute approximate surface area is 354 Å². The number of benzene rings is 7. The molecule has 286 valence electrons. The maximum Gasteiger partial charge on any atom is 0.0541 e. The Morgan fingerprint density at radius 3 is 1.45 bits per heavy atom. The summed E-state index contributed by atoms with van der Waals surface area (Å²) in [6.07, 6.45) is 18.2. The van der Waals surface area contributed by atoms with Crippen LogP contribution in [0.4, 0.5) is 0 Å². The van der Waals surface area contributed by atoms with Crippen molar-refractivity contribution in [3.05, 3.63) is 218 Å². The normalized spacial score (nSPS) is 15.3. The highest BCUT2D eigenvalue weighted by molar-refractivity contribution is 8.22. The first kappa shape index (κ1) is 35.3. The zero-order valence-corrected chi connectivity index (χ0v) is 34.6. The summed E-state index contributed by atoms with van der Waals surface area (Å²) in [6.45, 7) is 0. The molecule has 0 saturated carbocycles. The van der Waals surface area contributed by atoms with Gasteiger partial charge in [-0.25, -0.2) is 0 Å². The van der Waals surface area contributed by atoms with Gasteiger partial charge in [-0.2, -0.15) is 0 Å². The predicted octanol–water partition coefficient (Wildman–Crippen LogP) is 13.3. The molecule has 0 fully saturated rings. The summed E-state index contributed by atoms with van der Waals surface area (Å²) in [7, 11) is 0. The minimum atomic E-state index is -2.68. The monoisotopic (exact) mass is 805 g/mol. The van der Waals surface area contributed by atoms with Crippen molar-refractivity contribution in [3.63, 3.8) is 0 Å². The van der Waals surface area contributed by atoms with Crippen LogP contribution >= 0.6 is 6.04 Å². The Kier molecular flexibility index (Phi) is 8.20. The van der Waals surface area contributed by atoms with E-state index in [1.54, 1.807) is 0 Å². The minimum Gasteiger partial charge on any atom is -0.313 e. The number of hydrogen-bond donors (Lipinski definition) is 0. The number of para-hydroxylation sites is 5. The van der Waals surface area contributed by atoms with Gasteiger partial charge in [0.2, 0.25) is 0 Å². The second kappa shape index (κ2) is 14.0. The number of nitrogens with zero attached hydrogens (tertiary/aromatic N) is 3. The van der Waals surface area contributed by atoms with Crippen molar-refractivity contribution >= 4 is 94.7 Å². The van der Waals surface area contributed by atoms with E-state index in [0.717, 1.165) is 24.2 Å². The van der Waals surface area contributed by atoms with E-state index in [1.807, 2.05) is 0 Å². The lowest BCUT2D eigenvalue weighted by Crippen LogP contribution is -2.25. The van der Waals surface area contributed by atoms with Gasteiger partial charge in [-0.3, -0.25) is 0 Å². The molecular formula is C55H40N3PS. The van der Waals surface area contributed by atoms with Crippen LogP contribution in [0.25, 0.3) is 77.7 Å². The van der Waals surface area contributed by atoms with Gasteiger partial charge in [0, 0.05) is 67.0 Å². The number of fused-ring (bicyclic) bond motifs is 9. The van der Waals surface area contributed by atoms with Crippen molar-refractivity contribution in [2.24, 2.45) is 0 Å². The Hall–Kier alpha value is -6.71. The summed E-state index contributed by atoms with van der Waals surface area (Å²) in [6, 6.07) is 59.5. The van der Waals surface area contributed by atoms with Crippen molar-refractivity contribution in [1.82, 2.24) is 13.7 Å². The highest BCUT2D eigenvalue weighted by Crippen LogP contribution is 2.52. The lowest BCUT2D eigenvalue weighted by molar-refractivity contribution is 0.900. The topological polar surface area (TPSA) is 14.8 Å². The molecule has 60 heavy (non-hydrogen) atoms. The quantitative estimate of drug-likeness (QED) is 0.153. The predicted molar refractivity (Wildman–Crippen MR) is 261 cm³/mol. The first-order valence-corrected chi connectivity index (χ1v) is 23.7. The molecule has 1 unspecified atom stereocenters. The van der Waals surface area contributed by atoms with Gasteiger partial charge in [0.25, 0.3) is 0 Å². The molecule has 10 aromatic rings. The van der Waals surface area contributed by atoms with Crippen molar-refractivity contribution in [3.8, 4) is 11.4 Å². The molecule has 3 aromatic heterocycles.